The van der Waals surface area contributed by atoms with Crippen LogP contribution in [0.5, 0.6) is 0 Å². The predicted octanol–water partition coefficient (Wildman–Crippen LogP) is 2.25. The van der Waals surface area contributed by atoms with E-state index in [4.69, 9.17) is 0 Å². The Balaban J connectivity index is 1.68. The van der Waals surface area contributed by atoms with Crippen LogP contribution in [0.4, 0.5) is 0 Å². The Bertz CT molecular complexity index is 643. The lowest BCUT2D eigenvalue weighted by Crippen LogP contribution is -2.46. The number of hydrogen-bond donors (Lipinski definition) is 3. The zero-order valence-corrected chi connectivity index (χ0v) is 13.5. The number of hydrogen-bond acceptors (Lipinski definition) is 5. The van der Waals surface area contributed by atoms with E-state index in [0.29, 0.717) is 0 Å². The minimum atomic E-state index is -0.0996. The summed E-state index contributed by atoms with van der Waals surface area (Å²) in [5.74, 6) is 0.227. The summed E-state index contributed by atoms with van der Waals surface area (Å²) in [6.07, 6.45) is 4.35. The molecule has 22 heavy (non-hydrogen) atoms. The van der Waals surface area contributed by atoms with Gasteiger partial charge in [0, 0.05) is 18.3 Å². The average molecular weight is 316 g/mol. The summed E-state index contributed by atoms with van der Waals surface area (Å²) in [5, 5.41) is 5.06. The van der Waals surface area contributed by atoms with Crippen molar-refractivity contribution in [2.45, 2.75) is 32.5 Å². The van der Waals surface area contributed by atoms with Crippen LogP contribution < -0.4 is 16.2 Å². The Kier molecular flexibility index (Phi) is 4.52. The Morgan fingerprint density at radius 2 is 2.09 bits per heavy atom. The van der Waals surface area contributed by atoms with Crippen molar-refractivity contribution in [3.05, 3.63) is 52.0 Å². The molecule has 1 saturated heterocycles. The molecule has 3 N–H and O–H groups in total. The second-order valence-electron chi connectivity index (χ2n) is 5.49. The highest BCUT2D eigenvalue weighted by Gasteiger charge is 2.34. The molecule has 0 aromatic carbocycles. The highest BCUT2D eigenvalue weighted by molar-refractivity contribution is 7.12. The maximum atomic E-state index is 12.5. The van der Waals surface area contributed by atoms with Gasteiger partial charge in [-0.15, -0.1) is 11.3 Å². The van der Waals surface area contributed by atoms with Crippen molar-refractivity contribution in [1.29, 1.82) is 0 Å². The molecule has 0 radical (unpaired) electrons. The van der Waals surface area contributed by atoms with Crippen LogP contribution in [-0.2, 0) is 6.42 Å². The summed E-state index contributed by atoms with van der Waals surface area (Å²) in [6, 6.07) is 6.16. The molecule has 5 nitrogen and oxygen atoms in total. The maximum Gasteiger partial charge on any atom is 0.262 e. The number of pyridine rings is 1. The van der Waals surface area contributed by atoms with Crippen molar-refractivity contribution in [3.8, 4) is 0 Å². The quantitative estimate of drug-likeness (QED) is 0.809. The molecule has 0 aliphatic carbocycles. The van der Waals surface area contributed by atoms with Gasteiger partial charge < -0.3 is 5.32 Å². The van der Waals surface area contributed by atoms with Gasteiger partial charge in [-0.2, -0.15) is 0 Å². The van der Waals surface area contributed by atoms with Crippen molar-refractivity contribution in [2.75, 3.05) is 0 Å². The third kappa shape index (κ3) is 2.90. The van der Waals surface area contributed by atoms with E-state index in [0.717, 1.165) is 22.4 Å². The lowest BCUT2D eigenvalue weighted by Gasteiger charge is -2.19. The van der Waals surface area contributed by atoms with Crippen LogP contribution in [-0.4, -0.2) is 17.1 Å². The van der Waals surface area contributed by atoms with Gasteiger partial charge in [0.2, 0.25) is 0 Å². The summed E-state index contributed by atoms with van der Waals surface area (Å²) >= 11 is 1.50. The Morgan fingerprint density at radius 1 is 1.32 bits per heavy atom. The van der Waals surface area contributed by atoms with Crippen molar-refractivity contribution in [1.82, 2.24) is 21.2 Å². The fourth-order valence-corrected chi connectivity index (χ4v) is 3.68. The molecule has 0 bridgehead atoms. The monoisotopic (exact) mass is 316 g/mol. The number of aryl methyl sites for hydroxylation is 1. The Morgan fingerprint density at radius 3 is 2.82 bits per heavy atom. The van der Waals surface area contributed by atoms with E-state index in [-0.39, 0.29) is 24.0 Å². The predicted molar refractivity (Wildman–Crippen MR) is 87.4 cm³/mol. The number of amides is 1. The number of rotatable bonds is 4. The van der Waals surface area contributed by atoms with Crippen LogP contribution in [0.1, 0.15) is 40.7 Å². The molecule has 3 unspecified atom stereocenters. The van der Waals surface area contributed by atoms with E-state index >= 15 is 0 Å². The molecule has 1 aliphatic rings. The molecule has 3 heterocycles. The number of thiophene rings is 1. The summed E-state index contributed by atoms with van der Waals surface area (Å²) < 4.78 is 0. The van der Waals surface area contributed by atoms with Gasteiger partial charge >= 0.3 is 0 Å². The molecule has 0 spiro atoms. The highest BCUT2D eigenvalue weighted by Crippen LogP contribution is 2.27. The standard InChI is InChI=1S/C16H20N4OS/c1-3-11-6-9-22-14(11)16(21)18-15-10(2)13(19-20-15)12-4-7-17-8-5-12/h4-10,13,15,19-20H,3H2,1-2H3,(H,18,21). The van der Waals surface area contributed by atoms with Crippen LogP contribution in [0, 0.1) is 5.92 Å². The molecule has 0 saturated carbocycles. The van der Waals surface area contributed by atoms with E-state index in [1.165, 1.54) is 11.3 Å². The van der Waals surface area contributed by atoms with Gasteiger partial charge in [-0.3, -0.25) is 9.78 Å². The first-order chi connectivity index (χ1) is 10.7. The van der Waals surface area contributed by atoms with Crippen LogP contribution >= 0.6 is 11.3 Å². The van der Waals surface area contributed by atoms with Gasteiger partial charge in [-0.1, -0.05) is 13.8 Å². The van der Waals surface area contributed by atoms with E-state index < -0.39 is 0 Å². The van der Waals surface area contributed by atoms with E-state index in [1.54, 1.807) is 12.4 Å². The van der Waals surface area contributed by atoms with Crippen molar-refractivity contribution in [3.63, 3.8) is 0 Å². The number of nitrogens with zero attached hydrogens (tertiary/aromatic N) is 1. The van der Waals surface area contributed by atoms with E-state index in [9.17, 15) is 4.79 Å². The van der Waals surface area contributed by atoms with Gasteiger partial charge in [0.05, 0.1) is 17.1 Å². The Hall–Kier alpha value is -1.76. The lowest BCUT2D eigenvalue weighted by atomic mass is 9.95. The molecule has 6 heteroatoms. The zero-order valence-electron chi connectivity index (χ0n) is 12.7. The average Bonchev–Trinajstić information content (AvgIpc) is 3.15. The largest absolute Gasteiger partial charge is 0.334 e. The number of aromatic nitrogens is 1. The highest BCUT2D eigenvalue weighted by atomic mass is 32.1. The first-order valence-corrected chi connectivity index (χ1v) is 8.37. The minimum absolute atomic E-state index is 0.00613. The first-order valence-electron chi connectivity index (χ1n) is 7.49. The summed E-state index contributed by atoms with van der Waals surface area (Å²) in [6.45, 7) is 4.19. The third-order valence-corrected chi connectivity index (χ3v) is 5.09. The topological polar surface area (TPSA) is 66.1 Å². The lowest BCUT2D eigenvalue weighted by molar-refractivity contribution is 0.0926. The molecule has 3 atom stereocenters. The smallest absolute Gasteiger partial charge is 0.262 e. The van der Waals surface area contributed by atoms with E-state index in [1.807, 2.05) is 23.6 Å². The van der Waals surface area contributed by atoms with Gasteiger partial charge in [-0.25, -0.2) is 10.9 Å². The molecule has 2 aromatic heterocycles. The third-order valence-electron chi connectivity index (χ3n) is 4.13. The second-order valence-corrected chi connectivity index (χ2v) is 6.40. The number of nitrogens with one attached hydrogen (secondary N) is 3. The number of hydrazine groups is 1. The maximum absolute atomic E-state index is 12.5. The van der Waals surface area contributed by atoms with Crippen molar-refractivity contribution < 1.29 is 4.79 Å². The Labute approximate surface area is 134 Å². The van der Waals surface area contributed by atoms with Crippen molar-refractivity contribution >= 4 is 17.2 Å². The summed E-state index contributed by atoms with van der Waals surface area (Å²) in [7, 11) is 0. The summed E-state index contributed by atoms with van der Waals surface area (Å²) in [5.41, 5.74) is 8.72. The molecule has 3 rings (SSSR count). The normalized spacial score (nSPS) is 24.4. The molecular weight excluding hydrogens is 296 g/mol. The molecule has 2 aromatic rings. The second kappa shape index (κ2) is 6.56. The number of carbonyl (C=O) groups is 1. The zero-order chi connectivity index (χ0) is 15.5. The minimum Gasteiger partial charge on any atom is -0.334 e. The SMILES string of the molecule is CCc1ccsc1C(=O)NC1NNC(c2ccncc2)C1C. The van der Waals surface area contributed by atoms with Crippen LogP contribution in [0.15, 0.2) is 36.0 Å². The fraction of sp³-hybridized carbons (Fsp3) is 0.375. The van der Waals surface area contributed by atoms with Gasteiger partial charge in [0.1, 0.15) is 0 Å². The first kappa shape index (κ1) is 15.1. The summed E-state index contributed by atoms with van der Waals surface area (Å²) in [4.78, 5) is 17.3. The van der Waals surface area contributed by atoms with Crippen molar-refractivity contribution in [2.24, 2.45) is 5.92 Å². The van der Waals surface area contributed by atoms with E-state index in [2.05, 4.69) is 35.0 Å². The van der Waals surface area contributed by atoms with Crippen LogP contribution in [0.25, 0.3) is 0 Å². The molecule has 1 aliphatic heterocycles. The number of carbonyl (C=O) groups excluding carboxylic acids is 1. The van der Waals surface area contributed by atoms with Crippen LogP contribution in [0.2, 0.25) is 0 Å². The molecule has 1 amide bonds. The van der Waals surface area contributed by atoms with Gasteiger partial charge in [0.15, 0.2) is 0 Å². The molecule has 1 fully saturated rings. The fourth-order valence-electron chi connectivity index (χ4n) is 2.78. The molecular formula is C16H20N4OS. The van der Waals surface area contributed by atoms with Gasteiger partial charge in [0.25, 0.3) is 5.91 Å². The molecule has 116 valence electrons. The van der Waals surface area contributed by atoms with Gasteiger partial charge in [-0.05, 0) is 41.1 Å². The van der Waals surface area contributed by atoms with Crippen LogP contribution in [0.3, 0.4) is 0 Å².